The lowest BCUT2D eigenvalue weighted by molar-refractivity contribution is 0.159. The van der Waals surface area contributed by atoms with E-state index < -0.39 is 6.03 Å². The molecule has 0 saturated carbocycles. The quantitative estimate of drug-likeness (QED) is 0.476. The van der Waals surface area contributed by atoms with Crippen LogP contribution in [0, 0.1) is 0 Å². The zero-order valence-corrected chi connectivity index (χ0v) is 7.32. The van der Waals surface area contributed by atoms with Crippen LogP contribution in [0.2, 0.25) is 0 Å². The van der Waals surface area contributed by atoms with Crippen molar-refractivity contribution in [3.8, 4) is 0 Å². The van der Waals surface area contributed by atoms with Crippen molar-refractivity contribution in [3.63, 3.8) is 0 Å². The number of amides is 2. The molecular formula is C9H12N2O2. The normalized spacial score (nSPS) is 11.8. The monoisotopic (exact) mass is 180 g/mol. The minimum Gasteiger partial charge on any atom is -0.330 e. The molecule has 4 heteroatoms. The highest BCUT2D eigenvalue weighted by molar-refractivity contribution is 5.72. The number of hydroxylamine groups is 1. The van der Waals surface area contributed by atoms with E-state index in [2.05, 4.69) is 5.32 Å². The Bertz CT molecular complexity index is 274. The molecule has 4 nitrogen and oxygen atoms in total. The zero-order valence-electron chi connectivity index (χ0n) is 7.32. The molecule has 1 atom stereocenters. The van der Waals surface area contributed by atoms with E-state index in [9.17, 15) is 4.79 Å². The minimum atomic E-state index is -0.601. The lowest BCUT2D eigenvalue weighted by atomic mass is 10.1. The van der Waals surface area contributed by atoms with Crippen LogP contribution in [0.25, 0.3) is 0 Å². The number of hydrogen-bond donors (Lipinski definition) is 3. The Morgan fingerprint density at radius 2 is 2.00 bits per heavy atom. The highest BCUT2D eigenvalue weighted by atomic mass is 16.5. The smallest absolute Gasteiger partial charge is 0.330 e. The fourth-order valence-corrected chi connectivity index (χ4v) is 1.05. The van der Waals surface area contributed by atoms with Crippen molar-refractivity contribution in [3.05, 3.63) is 35.9 Å². The fraction of sp³-hybridized carbons (Fsp3) is 0.222. The second kappa shape index (κ2) is 4.47. The summed E-state index contributed by atoms with van der Waals surface area (Å²) in [5.74, 6) is 0. The summed E-state index contributed by atoms with van der Waals surface area (Å²) in [6, 6.07) is 8.78. The molecule has 0 aromatic heterocycles. The van der Waals surface area contributed by atoms with Crippen molar-refractivity contribution >= 4 is 6.03 Å². The average Bonchev–Trinajstić information content (AvgIpc) is 2.19. The van der Waals surface area contributed by atoms with Crippen LogP contribution in [-0.2, 0) is 0 Å². The van der Waals surface area contributed by atoms with Gasteiger partial charge in [0.1, 0.15) is 0 Å². The Morgan fingerprint density at radius 1 is 1.38 bits per heavy atom. The van der Waals surface area contributed by atoms with Crippen molar-refractivity contribution in [2.75, 3.05) is 0 Å². The summed E-state index contributed by atoms with van der Waals surface area (Å²) >= 11 is 0. The van der Waals surface area contributed by atoms with E-state index in [1.165, 1.54) is 5.48 Å². The van der Waals surface area contributed by atoms with E-state index in [0.717, 1.165) is 5.56 Å². The largest absolute Gasteiger partial charge is 0.338 e. The molecule has 70 valence electrons. The van der Waals surface area contributed by atoms with Crippen LogP contribution in [0.4, 0.5) is 4.79 Å². The zero-order chi connectivity index (χ0) is 9.68. The van der Waals surface area contributed by atoms with E-state index in [0.29, 0.717) is 0 Å². The van der Waals surface area contributed by atoms with E-state index >= 15 is 0 Å². The first-order valence-corrected chi connectivity index (χ1v) is 3.99. The van der Waals surface area contributed by atoms with E-state index in [1.54, 1.807) is 0 Å². The Kier molecular flexibility index (Phi) is 3.28. The molecule has 1 rings (SSSR count). The molecule has 0 saturated heterocycles. The van der Waals surface area contributed by atoms with Gasteiger partial charge in [0.25, 0.3) is 0 Å². The van der Waals surface area contributed by atoms with Crippen molar-refractivity contribution in [1.29, 1.82) is 0 Å². The van der Waals surface area contributed by atoms with Gasteiger partial charge in [-0.15, -0.1) is 0 Å². The van der Waals surface area contributed by atoms with Gasteiger partial charge in [-0.25, -0.2) is 10.3 Å². The van der Waals surface area contributed by atoms with Gasteiger partial charge in [0.15, 0.2) is 0 Å². The second-order valence-electron chi connectivity index (χ2n) is 2.72. The predicted octanol–water partition coefficient (Wildman–Crippen LogP) is 1.44. The molecule has 0 fully saturated rings. The summed E-state index contributed by atoms with van der Waals surface area (Å²) < 4.78 is 0. The highest BCUT2D eigenvalue weighted by Crippen LogP contribution is 2.10. The minimum absolute atomic E-state index is 0.117. The van der Waals surface area contributed by atoms with Gasteiger partial charge < -0.3 is 5.32 Å². The lowest BCUT2D eigenvalue weighted by Gasteiger charge is -2.12. The molecule has 0 aliphatic rings. The molecule has 1 aromatic carbocycles. The molecule has 1 aromatic rings. The van der Waals surface area contributed by atoms with Crippen LogP contribution in [0.3, 0.4) is 0 Å². The van der Waals surface area contributed by atoms with Gasteiger partial charge in [-0.2, -0.15) is 0 Å². The number of hydrogen-bond acceptors (Lipinski definition) is 2. The van der Waals surface area contributed by atoms with Crippen LogP contribution in [0.1, 0.15) is 18.5 Å². The van der Waals surface area contributed by atoms with Gasteiger partial charge >= 0.3 is 6.03 Å². The molecule has 0 aliphatic heterocycles. The standard InChI is InChI=1S/C9H12N2O2/c1-7(10-9(12)11-13)8-5-3-2-4-6-8/h2-7,13H,1H3,(H2,10,11,12)/t7-/m1/s1. The highest BCUT2D eigenvalue weighted by Gasteiger charge is 2.06. The molecule has 3 N–H and O–H groups in total. The maximum Gasteiger partial charge on any atom is 0.338 e. The Labute approximate surface area is 76.5 Å². The van der Waals surface area contributed by atoms with Gasteiger partial charge in [-0.05, 0) is 12.5 Å². The molecule has 0 spiro atoms. The number of benzene rings is 1. The van der Waals surface area contributed by atoms with Crippen LogP contribution in [0.5, 0.6) is 0 Å². The third-order valence-corrected chi connectivity index (χ3v) is 1.75. The number of rotatable bonds is 2. The summed E-state index contributed by atoms with van der Waals surface area (Å²) in [5.41, 5.74) is 2.51. The summed E-state index contributed by atoms with van der Waals surface area (Å²) in [5, 5.41) is 10.8. The first kappa shape index (κ1) is 9.54. The first-order chi connectivity index (χ1) is 6.24. The summed E-state index contributed by atoms with van der Waals surface area (Å²) in [6.45, 7) is 1.84. The number of carbonyl (C=O) groups is 1. The molecule has 0 heterocycles. The maximum atomic E-state index is 10.7. The van der Waals surface area contributed by atoms with Gasteiger partial charge in [0.05, 0.1) is 6.04 Å². The first-order valence-electron chi connectivity index (χ1n) is 3.99. The van der Waals surface area contributed by atoms with Gasteiger partial charge in [-0.1, -0.05) is 30.3 Å². The van der Waals surface area contributed by atoms with E-state index in [4.69, 9.17) is 5.21 Å². The van der Waals surface area contributed by atoms with Crippen LogP contribution in [-0.4, -0.2) is 11.2 Å². The summed E-state index contributed by atoms with van der Waals surface area (Å²) in [7, 11) is 0. The molecule has 13 heavy (non-hydrogen) atoms. The van der Waals surface area contributed by atoms with Crippen LogP contribution >= 0.6 is 0 Å². The molecule has 2 amide bonds. The van der Waals surface area contributed by atoms with Crippen molar-refractivity contribution in [1.82, 2.24) is 10.8 Å². The third-order valence-electron chi connectivity index (χ3n) is 1.75. The number of nitrogens with one attached hydrogen (secondary N) is 2. The van der Waals surface area contributed by atoms with Crippen molar-refractivity contribution in [2.24, 2.45) is 0 Å². The Morgan fingerprint density at radius 3 is 2.54 bits per heavy atom. The van der Waals surface area contributed by atoms with Crippen LogP contribution in [0.15, 0.2) is 30.3 Å². The van der Waals surface area contributed by atoms with Gasteiger partial charge in [-0.3, -0.25) is 5.21 Å². The topological polar surface area (TPSA) is 61.4 Å². The van der Waals surface area contributed by atoms with E-state index in [1.807, 2.05) is 37.3 Å². The van der Waals surface area contributed by atoms with Gasteiger partial charge in [0, 0.05) is 0 Å². The van der Waals surface area contributed by atoms with Crippen molar-refractivity contribution < 1.29 is 10.0 Å². The summed E-state index contributed by atoms with van der Waals surface area (Å²) in [4.78, 5) is 10.7. The molecule has 0 bridgehead atoms. The SMILES string of the molecule is C[C@@H](NC(=O)NO)c1ccccc1. The second-order valence-corrected chi connectivity index (χ2v) is 2.72. The molecule has 0 aliphatic carbocycles. The van der Waals surface area contributed by atoms with Crippen molar-refractivity contribution in [2.45, 2.75) is 13.0 Å². The van der Waals surface area contributed by atoms with Gasteiger partial charge in [0.2, 0.25) is 0 Å². The Hall–Kier alpha value is -1.55. The Balaban J connectivity index is 2.59. The van der Waals surface area contributed by atoms with Crippen LogP contribution < -0.4 is 10.8 Å². The number of urea groups is 1. The maximum absolute atomic E-state index is 10.7. The predicted molar refractivity (Wildman–Crippen MR) is 48.3 cm³/mol. The molecule has 0 radical (unpaired) electrons. The lowest BCUT2D eigenvalue weighted by Crippen LogP contribution is -2.34. The fourth-order valence-electron chi connectivity index (χ4n) is 1.05. The average molecular weight is 180 g/mol. The molecule has 0 unspecified atom stereocenters. The van der Waals surface area contributed by atoms with E-state index in [-0.39, 0.29) is 6.04 Å². The molecular weight excluding hydrogens is 168 g/mol. The number of carbonyl (C=O) groups excluding carboxylic acids is 1. The summed E-state index contributed by atoms with van der Waals surface area (Å²) in [6.07, 6.45) is 0. The third kappa shape index (κ3) is 2.76.